The van der Waals surface area contributed by atoms with Gasteiger partial charge in [-0.1, -0.05) is 51.2 Å². The van der Waals surface area contributed by atoms with E-state index in [-0.39, 0.29) is 0 Å². The second-order valence-corrected chi connectivity index (χ2v) is 3.11. The lowest BCUT2D eigenvalue weighted by Gasteiger charge is -1.97. The van der Waals surface area contributed by atoms with Crippen molar-refractivity contribution in [2.75, 3.05) is 0 Å². The van der Waals surface area contributed by atoms with Gasteiger partial charge in [0, 0.05) is 0 Å². The Kier molecular flexibility index (Phi) is 3.56. The van der Waals surface area contributed by atoms with Crippen molar-refractivity contribution < 1.29 is 0 Å². The molecular weight excluding hydrogens is 120 g/mol. The van der Waals surface area contributed by atoms with Crippen LogP contribution in [0.3, 0.4) is 0 Å². The van der Waals surface area contributed by atoms with Crippen LogP contribution in [0.1, 0.15) is 38.5 Å². The maximum atomic E-state index is 3.82. The average Bonchev–Trinajstić information content (AvgIpc) is 2.71. The molecule has 0 N–H and O–H groups in total. The van der Waals surface area contributed by atoms with Gasteiger partial charge in [0.2, 0.25) is 0 Å². The van der Waals surface area contributed by atoms with Crippen LogP contribution in [0.2, 0.25) is 0 Å². The molecule has 0 aromatic carbocycles. The summed E-state index contributed by atoms with van der Waals surface area (Å²) in [7, 11) is 0. The predicted octanol–water partition coefficient (Wildman–Crippen LogP) is 3.35. The molecule has 0 unspecified atom stereocenters. The average molecular weight is 137 g/mol. The summed E-state index contributed by atoms with van der Waals surface area (Å²) >= 11 is 0. The van der Waals surface area contributed by atoms with Crippen LogP contribution in [-0.4, -0.2) is 0 Å². The smallest absolute Gasteiger partial charge is 0.00531 e. The van der Waals surface area contributed by atoms with Gasteiger partial charge in [-0.3, -0.25) is 0 Å². The first kappa shape index (κ1) is 7.84. The first-order valence-electron chi connectivity index (χ1n) is 4.41. The highest BCUT2D eigenvalue weighted by atomic mass is 14.1. The van der Waals surface area contributed by atoms with E-state index in [9.17, 15) is 0 Å². The third kappa shape index (κ3) is 3.71. The molecule has 1 rings (SSSR count). The van der Waals surface area contributed by atoms with Crippen molar-refractivity contribution in [3.8, 4) is 0 Å². The van der Waals surface area contributed by atoms with Crippen molar-refractivity contribution in [2.24, 2.45) is 5.92 Å². The molecule has 0 saturated heterocycles. The Morgan fingerprint density at radius 2 is 1.70 bits per heavy atom. The molecule has 0 aromatic heterocycles. The van der Waals surface area contributed by atoms with Crippen LogP contribution in [-0.2, 0) is 0 Å². The van der Waals surface area contributed by atoms with Crippen LogP contribution in [0.25, 0.3) is 0 Å². The minimum Gasteiger partial charge on any atom is -0.0810 e. The lowest BCUT2D eigenvalue weighted by molar-refractivity contribution is 0.602. The number of rotatable bonds is 6. The Bertz CT molecular complexity index is 96.6. The molecule has 1 radical (unpaired) electrons. The van der Waals surface area contributed by atoms with E-state index in [1.165, 1.54) is 32.1 Å². The lowest BCUT2D eigenvalue weighted by Crippen LogP contribution is -1.80. The molecule has 0 bridgehead atoms. The summed E-state index contributed by atoms with van der Waals surface area (Å²) < 4.78 is 0. The minimum atomic E-state index is 0.889. The normalized spacial score (nSPS) is 16.1. The monoisotopic (exact) mass is 137 g/mol. The van der Waals surface area contributed by atoms with Gasteiger partial charge in [0.15, 0.2) is 0 Å². The SMILES string of the molecule is [CH2]CCCCCCC1C=C1. The molecular formula is C10H17. The van der Waals surface area contributed by atoms with E-state index in [0.29, 0.717) is 0 Å². The Morgan fingerprint density at radius 1 is 1.00 bits per heavy atom. The van der Waals surface area contributed by atoms with Gasteiger partial charge in [0.05, 0.1) is 0 Å². The fourth-order valence-corrected chi connectivity index (χ4v) is 1.18. The van der Waals surface area contributed by atoms with Gasteiger partial charge < -0.3 is 0 Å². The zero-order valence-corrected chi connectivity index (χ0v) is 6.68. The van der Waals surface area contributed by atoms with Crippen molar-refractivity contribution in [1.29, 1.82) is 0 Å². The first-order chi connectivity index (χ1) is 4.93. The highest BCUT2D eigenvalue weighted by molar-refractivity contribution is 5.12. The number of allylic oxidation sites excluding steroid dienone is 2. The number of hydrogen-bond acceptors (Lipinski definition) is 0. The fourth-order valence-electron chi connectivity index (χ4n) is 1.18. The third-order valence-electron chi connectivity index (χ3n) is 2.00. The van der Waals surface area contributed by atoms with E-state index in [4.69, 9.17) is 0 Å². The summed E-state index contributed by atoms with van der Waals surface area (Å²) in [6.07, 6.45) is 12.6. The second-order valence-electron chi connectivity index (χ2n) is 3.11. The molecule has 0 aliphatic heterocycles. The third-order valence-corrected chi connectivity index (χ3v) is 2.00. The molecule has 0 nitrogen and oxygen atoms in total. The Balaban J connectivity index is 1.68. The summed E-state index contributed by atoms with van der Waals surface area (Å²) in [5.74, 6) is 0.889. The van der Waals surface area contributed by atoms with E-state index in [2.05, 4.69) is 19.1 Å². The van der Waals surface area contributed by atoms with E-state index in [0.717, 1.165) is 12.3 Å². The van der Waals surface area contributed by atoms with Gasteiger partial charge in [0.1, 0.15) is 0 Å². The molecule has 0 spiro atoms. The van der Waals surface area contributed by atoms with Gasteiger partial charge in [-0.15, -0.1) is 0 Å². The predicted molar refractivity (Wildman–Crippen MR) is 45.7 cm³/mol. The molecule has 0 aromatic rings. The molecule has 0 atom stereocenters. The van der Waals surface area contributed by atoms with Gasteiger partial charge in [-0.25, -0.2) is 0 Å². The maximum absolute atomic E-state index is 3.82. The van der Waals surface area contributed by atoms with Crippen molar-refractivity contribution in [3.63, 3.8) is 0 Å². The van der Waals surface area contributed by atoms with Crippen molar-refractivity contribution in [1.82, 2.24) is 0 Å². The molecule has 0 heteroatoms. The Hall–Kier alpha value is -0.260. The van der Waals surface area contributed by atoms with Crippen molar-refractivity contribution in [2.45, 2.75) is 38.5 Å². The molecule has 0 amide bonds. The van der Waals surface area contributed by atoms with Crippen molar-refractivity contribution in [3.05, 3.63) is 19.1 Å². The number of unbranched alkanes of at least 4 members (excludes halogenated alkanes) is 4. The summed E-state index contributed by atoms with van der Waals surface area (Å²) in [4.78, 5) is 0. The van der Waals surface area contributed by atoms with Crippen LogP contribution in [0, 0.1) is 12.8 Å². The Morgan fingerprint density at radius 3 is 2.30 bits per heavy atom. The minimum absolute atomic E-state index is 0.889. The molecule has 0 fully saturated rings. The number of hydrogen-bond donors (Lipinski definition) is 0. The van der Waals surface area contributed by atoms with Gasteiger partial charge in [-0.05, 0) is 12.3 Å². The molecule has 1 aliphatic rings. The molecule has 57 valence electrons. The van der Waals surface area contributed by atoms with Gasteiger partial charge in [-0.2, -0.15) is 0 Å². The molecule has 10 heavy (non-hydrogen) atoms. The summed E-state index contributed by atoms with van der Waals surface area (Å²) in [6, 6.07) is 0. The van der Waals surface area contributed by atoms with E-state index in [1.54, 1.807) is 0 Å². The van der Waals surface area contributed by atoms with Crippen LogP contribution in [0.15, 0.2) is 12.2 Å². The van der Waals surface area contributed by atoms with Gasteiger partial charge in [0.25, 0.3) is 0 Å². The maximum Gasteiger partial charge on any atom is -0.00531 e. The van der Waals surface area contributed by atoms with E-state index in [1.807, 2.05) is 0 Å². The van der Waals surface area contributed by atoms with Gasteiger partial charge >= 0.3 is 0 Å². The topological polar surface area (TPSA) is 0 Å². The standard InChI is InChI=1S/C10H17/c1-2-3-4-5-6-7-10-8-9-10/h8-10H,1-7H2. The molecule has 0 heterocycles. The van der Waals surface area contributed by atoms with Crippen LogP contribution in [0.4, 0.5) is 0 Å². The van der Waals surface area contributed by atoms with E-state index < -0.39 is 0 Å². The lowest BCUT2D eigenvalue weighted by atomic mass is 10.1. The largest absolute Gasteiger partial charge is 0.0810 e. The summed E-state index contributed by atoms with van der Waals surface area (Å²) in [6.45, 7) is 3.82. The Labute approximate surface area is 64.3 Å². The quantitative estimate of drug-likeness (QED) is 0.389. The highest BCUT2D eigenvalue weighted by Crippen LogP contribution is 2.23. The summed E-state index contributed by atoms with van der Waals surface area (Å²) in [5.41, 5.74) is 0. The zero-order chi connectivity index (χ0) is 7.23. The van der Waals surface area contributed by atoms with Crippen LogP contribution < -0.4 is 0 Å². The first-order valence-corrected chi connectivity index (χ1v) is 4.41. The summed E-state index contributed by atoms with van der Waals surface area (Å²) in [5, 5.41) is 0. The zero-order valence-electron chi connectivity index (χ0n) is 6.68. The van der Waals surface area contributed by atoms with Crippen LogP contribution in [0.5, 0.6) is 0 Å². The second kappa shape index (κ2) is 4.54. The fraction of sp³-hybridized carbons (Fsp3) is 0.700. The van der Waals surface area contributed by atoms with Crippen LogP contribution >= 0.6 is 0 Å². The molecule has 0 saturated carbocycles. The highest BCUT2D eigenvalue weighted by Gasteiger charge is 2.08. The van der Waals surface area contributed by atoms with Crippen molar-refractivity contribution >= 4 is 0 Å². The molecule has 1 aliphatic carbocycles. The van der Waals surface area contributed by atoms with E-state index >= 15 is 0 Å².